The van der Waals surface area contributed by atoms with Crippen molar-refractivity contribution in [3.8, 4) is 22.6 Å². The van der Waals surface area contributed by atoms with Crippen molar-refractivity contribution in [2.45, 2.75) is 13.1 Å². The van der Waals surface area contributed by atoms with E-state index in [-0.39, 0.29) is 5.56 Å². The Hall–Kier alpha value is -3.64. The number of rotatable bonds is 6. The van der Waals surface area contributed by atoms with Gasteiger partial charge in [0.25, 0.3) is 5.56 Å². The zero-order valence-corrected chi connectivity index (χ0v) is 16.1. The number of aromatic amines is 1. The highest BCUT2D eigenvalue weighted by atomic mass is 16.1. The highest BCUT2D eigenvalue weighted by Crippen LogP contribution is 2.20. The van der Waals surface area contributed by atoms with Crippen LogP contribution in [-0.2, 0) is 13.1 Å². The van der Waals surface area contributed by atoms with Gasteiger partial charge in [-0.1, -0.05) is 30.3 Å². The number of hydrogen-bond acceptors (Lipinski definition) is 5. The first-order chi connectivity index (χ1) is 14.2. The van der Waals surface area contributed by atoms with Crippen LogP contribution < -0.4 is 5.56 Å². The Bertz CT molecular complexity index is 1130. The molecule has 0 bridgehead atoms. The number of nitrogens with one attached hydrogen (secondary N) is 1. The molecule has 0 aliphatic heterocycles. The van der Waals surface area contributed by atoms with Gasteiger partial charge in [-0.2, -0.15) is 0 Å². The van der Waals surface area contributed by atoms with E-state index in [2.05, 4.69) is 50.1 Å². The third-order valence-electron chi connectivity index (χ3n) is 4.55. The van der Waals surface area contributed by atoms with E-state index in [1.807, 2.05) is 36.5 Å². The molecule has 29 heavy (non-hydrogen) atoms. The van der Waals surface area contributed by atoms with Crippen molar-refractivity contribution < 1.29 is 0 Å². The van der Waals surface area contributed by atoms with E-state index in [0.717, 1.165) is 24.2 Å². The average Bonchev–Trinajstić information content (AvgIpc) is 2.75. The molecular formula is C23H21N5O. The van der Waals surface area contributed by atoms with Gasteiger partial charge in [0, 0.05) is 55.1 Å². The van der Waals surface area contributed by atoms with Crippen LogP contribution in [0, 0.1) is 0 Å². The molecule has 4 rings (SSSR count). The Kier molecular flexibility index (Phi) is 5.54. The highest BCUT2D eigenvalue weighted by Gasteiger charge is 2.07. The third-order valence-corrected chi connectivity index (χ3v) is 4.55. The van der Waals surface area contributed by atoms with E-state index in [0.29, 0.717) is 11.5 Å². The van der Waals surface area contributed by atoms with E-state index >= 15 is 0 Å². The quantitative estimate of drug-likeness (QED) is 0.551. The van der Waals surface area contributed by atoms with Crippen molar-refractivity contribution in [1.29, 1.82) is 0 Å². The molecule has 0 fully saturated rings. The van der Waals surface area contributed by atoms with E-state index in [4.69, 9.17) is 0 Å². The third kappa shape index (κ3) is 4.80. The summed E-state index contributed by atoms with van der Waals surface area (Å²) >= 11 is 0. The number of pyridine rings is 2. The van der Waals surface area contributed by atoms with Gasteiger partial charge < -0.3 is 4.98 Å². The highest BCUT2D eigenvalue weighted by molar-refractivity contribution is 5.62. The van der Waals surface area contributed by atoms with Crippen LogP contribution in [0.5, 0.6) is 0 Å². The number of H-pyrrole nitrogens is 1. The van der Waals surface area contributed by atoms with Crippen molar-refractivity contribution in [2.24, 2.45) is 0 Å². The van der Waals surface area contributed by atoms with Gasteiger partial charge in [-0.3, -0.25) is 19.7 Å². The van der Waals surface area contributed by atoms with E-state index in [9.17, 15) is 4.79 Å². The summed E-state index contributed by atoms with van der Waals surface area (Å²) in [6.45, 7) is 1.65. The van der Waals surface area contributed by atoms with Crippen LogP contribution in [0.3, 0.4) is 0 Å². The van der Waals surface area contributed by atoms with Crippen molar-refractivity contribution in [2.75, 3.05) is 7.05 Å². The summed E-state index contributed by atoms with van der Waals surface area (Å²) in [6, 6.07) is 17.3. The number of aromatic nitrogens is 4. The van der Waals surface area contributed by atoms with Crippen LogP contribution >= 0.6 is 0 Å². The van der Waals surface area contributed by atoms with E-state index in [1.165, 1.54) is 17.2 Å². The number of nitrogens with zero attached hydrogens (tertiary/aromatic N) is 4. The van der Waals surface area contributed by atoms with Crippen molar-refractivity contribution >= 4 is 0 Å². The second-order valence-corrected chi connectivity index (χ2v) is 6.95. The molecule has 0 radical (unpaired) electrons. The van der Waals surface area contributed by atoms with Crippen molar-refractivity contribution in [3.63, 3.8) is 0 Å². The molecule has 3 aromatic heterocycles. The Labute approximate surface area is 168 Å². The molecule has 0 saturated heterocycles. The smallest absolute Gasteiger partial charge is 0.251 e. The van der Waals surface area contributed by atoms with Gasteiger partial charge in [-0.25, -0.2) is 4.98 Å². The molecule has 1 N–H and O–H groups in total. The van der Waals surface area contributed by atoms with Gasteiger partial charge in [0.05, 0.1) is 5.69 Å². The zero-order valence-electron chi connectivity index (χ0n) is 16.1. The molecule has 6 nitrogen and oxygen atoms in total. The fourth-order valence-corrected chi connectivity index (χ4v) is 3.20. The van der Waals surface area contributed by atoms with Crippen molar-refractivity contribution in [1.82, 2.24) is 24.8 Å². The lowest BCUT2D eigenvalue weighted by molar-refractivity contribution is 0.318. The molecule has 3 heterocycles. The standard InChI is InChI=1S/C23H21N5O/c1-28(16-18-4-2-10-24-13-18)15-17-6-8-19(9-7-17)23-26-21(12-22(29)27-23)20-5-3-11-25-14-20/h2-14H,15-16H2,1H3,(H,26,27,29). The minimum absolute atomic E-state index is 0.186. The summed E-state index contributed by atoms with van der Waals surface area (Å²) < 4.78 is 0. The normalized spacial score (nSPS) is 11.0. The Balaban J connectivity index is 1.51. The molecule has 6 heteroatoms. The summed E-state index contributed by atoms with van der Waals surface area (Å²) in [5.41, 5.74) is 4.47. The second kappa shape index (κ2) is 8.58. The van der Waals surface area contributed by atoms with Gasteiger partial charge in [0.2, 0.25) is 0 Å². The fraction of sp³-hybridized carbons (Fsp3) is 0.130. The summed E-state index contributed by atoms with van der Waals surface area (Å²) in [5, 5.41) is 0. The van der Waals surface area contributed by atoms with Crippen LogP contribution in [-0.4, -0.2) is 31.9 Å². The maximum Gasteiger partial charge on any atom is 0.251 e. The molecule has 0 aliphatic rings. The average molecular weight is 383 g/mol. The minimum Gasteiger partial charge on any atom is -0.306 e. The second-order valence-electron chi connectivity index (χ2n) is 6.95. The van der Waals surface area contributed by atoms with Crippen LogP contribution in [0.1, 0.15) is 11.1 Å². The number of benzene rings is 1. The summed E-state index contributed by atoms with van der Waals surface area (Å²) in [5.74, 6) is 0.548. The fourth-order valence-electron chi connectivity index (χ4n) is 3.20. The molecule has 0 amide bonds. The molecule has 0 spiro atoms. The monoisotopic (exact) mass is 383 g/mol. The molecule has 4 aromatic rings. The Morgan fingerprint density at radius 2 is 1.59 bits per heavy atom. The summed E-state index contributed by atoms with van der Waals surface area (Å²) in [7, 11) is 2.08. The maximum atomic E-state index is 12.1. The molecule has 144 valence electrons. The molecular weight excluding hydrogens is 362 g/mol. The van der Waals surface area contributed by atoms with Gasteiger partial charge >= 0.3 is 0 Å². The first-order valence-electron chi connectivity index (χ1n) is 9.36. The SMILES string of the molecule is CN(Cc1ccc(-c2nc(-c3cccnc3)cc(=O)[nH]2)cc1)Cc1cccnc1. The molecule has 0 saturated carbocycles. The Morgan fingerprint density at radius 1 is 0.862 bits per heavy atom. The van der Waals surface area contributed by atoms with Crippen molar-refractivity contribution in [3.05, 3.63) is 101 Å². The van der Waals surface area contributed by atoms with Gasteiger partial charge in [-0.15, -0.1) is 0 Å². The van der Waals surface area contributed by atoms with Gasteiger partial charge in [-0.05, 0) is 36.4 Å². The molecule has 1 aromatic carbocycles. The first kappa shape index (κ1) is 18.7. The van der Waals surface area contributed by atoms with E-state index < -0.39 is 0 Å². The van der Waals surface area contributed by atoms with Crippen LogP contribution in [0.15, 0.2) is 84.2 Å². The molecule has 0 atom stereocenters. The van der Waals surface area contributed by atoms with Gasteiger partial charge in [0.15, 0.2) is 0 Å². The maximum absolute atomic E-state index is 12.1. The molecule has 0 unspecified atom stereocenters. The van der Waals surface area contributed by atoms with Crippen LogP contribution in [0.4, 0.5) is 0 Å². The minimum atomic E-state index is -0.186. The molecule has 0 aliphatic carbocycles. The zero-order chi connectivity index (χ0) is 20.1. The Morgan fingerprint density at radius 3 is 2.28 bits per heavy atom. The number of hydrogen-bond donors (Lipinski definition) is 1. The summed E-state index contributed by atoms with van der Waals surface area (Å²) in [4.78, 5) is 30.0. The van der Waals surface area contributed by atoms with E-state index in [1.54, 1.807) is 18.6 Å². The first-order valence-corrected chi connectivity index (χ1v) is 9.36. The van der Waals surface area contributed by atoms with Gasteiger partial charge in [0.1, 0.15) is 5.82 Å². The van der Waals surface area contributed by atoms with Crippen LogP contribution in [0.25, 0.3) is 22.6 Å². The van der Waals surface area contributed by atoms with Crippen LogP contribution in [0.2, 0.25) is 0 Å². The largest absolute Gasteiger partial charge is 0.306 e. The summed E-state index contributed by atoms with van der Waals surface area (Å²) in [6.07, 6.45) is 7.06. The topological polar surface area (TPSA) is 74.8 Å². The lowest BCUT2D eigenvalue weighted by atomic mass is 10.1. The predicted octanol–water partition coefficient (Wildman–Crippen LogP) is 3.53. The lowest BCUT2D eigenvalue weighted by Gasteiger charge is -2.16. The lowest BCUT2D eigenvalue weighted by Crippen LogP contribution is -2.17. The predicted molar refractivity (Wildman–Crippen MR) is 113 cm³/mol.